The minimum Gasteiger partial charge on any atom is -0.379 e. The Morgan fingerprint density at radius 2 is 2.27 bits per heavy atom. The lowest BCUT2D eigenvalue weighted by Crippen LogP contribution is -2.30. The second kappa shape index (κ2) is 5.88. The number of carbonyl (C=O) groups excluding carboxylic acids is 1. The van der Waals surface area contributed by atoms with Crippen molar-refractivity contribution in [3.63, 3.8) is 0 Å². The fraction of sp³-hybridized carbons (Fsp3) is 0.571. The summed E-state index contributed by atoms with van der Waals surface area (Å²) in [5.41, 5.74) is 1.83. The number of aryl methyl sites for hydroxylation is 2. The van der Waals surface area contributed by atoms with Crippen LogP contribution in [-0.2, 0) is 11.2 Å². The van der Waals surface area contributed by atoms with Crippen molar-refractivity contribution in [1.29, 1.82) is 0 Å². The largest absolute Gasteiger partial charge is 0.379 e. The zero-order valence-electron chi connectivity index (χ0n) is 12.9. The van der Waals surface area contributed by atoms with Gasteiger partial charge in [-0.15, -0.1) is 0 Å². The highest BCUT2D eigenvalue weighted by atomic mass is 16.5. The van der Waals surface area contributed by atoms with Crippen molar-refractivity contribution in [2.45, 2.75) is 26.4 Å². The average molecular weight is 305 g/mol. The number of hydrogen-bond acceptors (Lipinski definition) is 6. The molecular weight excluding hydrogens is 286 g/mol. The Bertz CT molecular complexity index is 665. The van der Waals surface area contributed by atoms with E-state index in [4.69, 9.17) is 9.26 Å². The van der Waals surface area contributed by atoms with Gasteiger partial charge in [-0.2, -0.15) is 15.4 Å². The molecule has 8 heteroatoms. The molecule has 1 N–H and O–H groups in total. The van der Waals surface area contributed by atoms with Crippen molar-refractivity contribution in [2.75, 3.05) is 20.2 Å². The first-order valence-corrected chi connectivity index (χ1v) is 7.20. The number of nitrogens with one attached hydrogen (secondary N) is 1. The van der Waals surface area contributed by atoms with E-state index in [1.54, 1.807) is 18.9 Å². The summed E-state index contributed by atoms with van der Waals surface area (Å²) < 4.78 is 10.8. The predicted molar refractivity (Wildman–Crippen MR) is 76.3 cm³/mol. The third-order valence-electron chi connectivity index (χ3n) is 4.04. The predicted octanol–water partition coefficient (Wildman–Crippen LogP) is 0.739. The molecule has 1 aliphatic heterocycles. The summed E-state index contributed by atoms with van der Waals surface area (Å²) in [6.45, 7) is 4.79. The van der Waals surface area contributed by atoms with Crippen LogP contribution in [-0.4, -0.2) is 57.7 Å². The summed E-state index contributed by atoms with van der Waals surface area (Å²) >= 11 is 0. The van der Waals surface area contributed by atoms with Crippen LogP contribution in [0.3, 0.4) is 0 Å². The number of nitrogens with zero attached hydrogens (tertiary/aromatic N) is 4. The van der Waals surface area contributed by atoms with Crippen LogP contribution in [0.5, 0.6) is 0 Å². The summed E-state index contributed by atoms with van der Waals surface area (Å²) in [6, 6.07) is 1.92. The van der Waals surface area contributed by atoms with Gasteiger partial charge in [0.1, 0.15) is 5.76 Å². The molecule has 0 spiro atoms. The van der Waals surface area contributed by atoms with Crippen molar-refractivity contribution in [2.24, 2.45) is 5.92 Å². The molecule has 3 rings (SSSR count). The average Bonchev–Trinajstić information content (AvgIpc) is 3.19. The molecule has 8 nitrogen and oxygen atoms in total. The molecule has 2 aromatic heterocycles. The van der Waals surface area contributed by atoms with Crippen LogP contribution >= 0.6 is 0 Å². The number of amides is 1. The molecule has 3 heterocycles. The standard InChI is InChI=1S/C14H19N5O3/c1-8-4-11(22-17-8)5-10-6-19(7-12(10)21-3)14(20)13-9(2)15-18-16-13/h4,10,12H,5-7H2,1-3H3,(H,15,16,18)/t10-,12+/m1/s1. The highest BCUT2D eigenvalue weighted by Crippen LogP contribution is 2.25. The first kappa shape index (κ1) is 14.7. The van der Waals surface area contributed by atoms with Gasteiger partial charge in [0.05, 0.1) is 17.5 Å². The molecule has 1 saturated heterocycles. The Morgan fingerprint density at radius 3 is 2.86 bits per heavy atom. The number of rotatable bonds is 4. The van der Waals surface area contributed by atoms with Crippen LogP contribution in [0.15, 0.2) is 10.6 Å². The van der Waals surface area contributed by atoms with Gasteiger partial charge in [0.2, 0.25) is 0 Å². The van der Waals surface area contributed by atoms with E-state index >= 15 is 0 Å². The maximum Gasteiger partial charge on any atom is 0.276 e. The molecule has 0 aromatic carbocycles. The number of aromatic amines is 1. The van der Waals surface area contributed by atoms with Gasteiger partial charge >= 0.3 is 0 Å². The number of ether oxygens (including phenoxy) is 1. The fourth-order valence-corrected chi connectivity index (χ4v) is 2.88. The van der Waals surface area contributed by atoms with E-state index in [1.807, 2.05) is 13.0 Å². The van der Waals surface area contributed by atoms with Gasteiger partial charge in [0, 0.05) is 38.6 Å². The molecule has 0 aliphatic carbocycles. The van der Waals surface area contributed by atoms with Crippen molar-refractivity contribution < 1.29 is 14.1 Å². The van der Waals surface area contributed by atoms with E-state index < -0.39 is 0 Å². The van der Waals surface area contributed by atoms with Crippen LogP contribution in [0, 0.1) is 19.8 Å². The topological polar surface area (TPSA) is 97.1 Å². The monoisotopic (exact) mass is 305 g/mol. The number of aromatic nitrogens is 4. The number of H-pyrrole nitrogens is 1. The maximum atomic E-state index is 12.5. The molecule has 1 fully saturated rings. The second-order valence-electron chi connectivity index (χ2n) is 5.64. The smallest absolute Gasteiger partial charge is 0.276 e. The zero-order valence-corrected chi connectivity index (χ0v) is 12.9. The van der Waals surface area contributed by atoms with Crippen molar-refractivity contribution in [3.8, 4) is 0 Å². The third-order valence-corrected chi connectivity index (χ3v) is 4.04. The molecular formula is C14H19N5O3. The van der Waals surface area contributed by atoms with Crippen LogP contribution in [0.2, 0.25) is 0 Å². The zero-order chi connectivity index (χ0) is 15.7. The van der Waals surface area contributed by atoms with E-state index in [-0.39, 0.29) is 17.9 Å². The van der Waals surface area contributed by atoms with Crippen LogP contribution in [0.4, 0.5) is 0 Å². The van der Waals surface area contributed by atoms with E-state index in [1.165, 1.54) is 0 Å². The summed E-state index contributed by atoms with van der Waals surface area (Å²) in [6.07, 6.45) is 0.669. The molecule has 2 atom stereocenters. The minimum atomic E-state index is -0.121. The van der Waals surface area contributed by atoms with E-state index in [0.717, 1.165) is 11.5 Å². The molecule has 2 aromatic rings. The summed E-state index contributed by atoms with van der Waals surface area (Å²) in [5, 5.41) is 14.2. The van der Waals surface area contributed by atoms with Gasteiger partial charge in [-0.1, -0.05) is 5.16 Å². The number of carbonyl (C=O) groups is 1. The molecule has 1 amide bonds. The Kier molecular flexibility index (Phi) is 3.93. The number of hydrogen-bond donors (Lipinski definition) is 1. The van der Waals surface area contributed by atoms with Gasteiger partial charge in [0.25, 0.3) is 5.91 Å². The van der Waals surface area contributed by atoms with E-state index in [0.29, 0.717) is 30.9 Å². The Labute approximate surface area is 127 Å². The summed E-state index contributed by atoms with van der Waals surface area (Å²) in [5.74, 6) is 0.870. The molecule has 0 unspecified atom stereocenters. The third kappa shape index (κ3) is 2.74. The highest BCUT2D eigenvalue weighted by molar-refractivity contribution is 5.93. The lowest BCUT2D eigenvalue weighted by Gasteiger charge is -2.14. The fourth-order valence-electron chi connectivity index (χ4n) is 2.88. The minimum absolute atomic E-state index is 0.0263. The second-order valence-corrected chi connectivity index (χ2v) is 5.64. The van der Waals surface area contributed by atoms with Crippen molar-refractivity contribution >= 4 is 5.91 Å². The maximum absolute atomic E-state index is 12.5. The first-order chi connectivity index (χ1) is 10.6. The summed E-state index contributed by atoms with van der Waals surface area (Å²) in [4.78, 5) is 14.3. The molecule has 0 radical (unpaired) electrons. The van der Waals surface area contributed by atoms with Gasteiger partial charge < -0.3 is 14.2 Å². The molecule has 118 valence electrons. The lowest BCUT2D eigenvalue weighted by atomic mass is 10.0. The normalized spacial score (nSPS) is 21.5. The van der Waals surface area contributed by atoms with Crippen molar-refractivity contribution in [3.05, 3.63) is 28.9 Å². The van der Waals surface area contributed by atoms with E-state index in [9.17, 15) is 4.79 Å². The Morgan fingerprint density at radius 1 is 1.45 bits per heavy atom. The lowest BCUT2D eigenvalue weighted by molar-refractivity contribution is 0.0668. The van der Waals surface area contributed by atoms with E-state index in [2.05, 4.69) is 20.6 Å². The van der Waals surface area contributed by atoms with Gasteiger partial charge in [-0.05, 0) is 13.8 Å². The van der Waals surface area contributed by atoms with Gasteiger partial charge in [-0.3, -0.25) is 4.79 Å². The number of likely N-dealkylation sites (tertiary alicyclic amines) is 1. The highest BCUT2D eigenvalue weighted by Gasteiger charge is 2.37. The SMILES string of the molecule is CO[C@H]1CN(C(=O)c2n[nH]nc2C)C[C@H]1Cc1cc(C)no1. The molecule has 22 heavy (non-hydrogen) atoms. The quantitative estimate of drug-likeness (QED) is 0.894. The van der Waals surface area contributed by atoms with Gasteiger partial charge in [-0.25, -0.2) is 0 Å². The number of methoxy groups -OCH3 is 1. The molecule has 1 aliphatic rings. The Hall–Kier alpha value is -2.22. The molecule has 0 bridgehead atoms. The first-order valence-electron chi connectivity index (χ1n) is 7.20. The van der Waals surface area contributed by atoms with Crippen LogP contribution in [0.1, 0.15) is 27.6 Å². The summed E-state index contributed by atoms with van der Waals surface area (Å²) in [7, 11) is 1.67. The van der Waals surface area contributed by atoms with Crippen molar-refractivity contribution in [1.82, 2.24) is 25.5 Å². The van der Waals surface area contributed by atoms with Gasteiger partial charge in [0.15, 0.2) is 5.69 Å². The Balaban J connectivity index is 1.71. The van der Waals surface area contributed by atoms with Crippen LogP contribution in [0.25, 0.3) is 0 Å². The van der Waals surface area contributed by atoms with Crippen LogP contribution < -0.4 is 0 Å². The molecule has 0 saturated carbocycles.